The topological polar surface area (TPSA) is 61.8 Å². The largest absolute Gasteiger partial charge is 0.447 e. The first-order valence-corrected chi connectivity index (χ1v) is 8.38. The second-order valence-corrected chi connectivity index (χ2v) is 6.51. The van der Waals surface area contributed by atoms with Gasteiger partial charge in [-0.25, -0.2) is 4.79 Å². The number of nitrogens with one attached hydrogen (secondary N) is 1. The van der Waals surface area contributed by atoms with Crippen LogP contribution in [-0.2, 0) is 4.74 Å². The van der Waals surface area contributed by atoms with Gasteiger partial charge in [0.25, 0.3) is 0 Å². The van der Waals surface area contributed by atoms with Crippen molar-refractivity contribution >= 4 is 11.8 Å². The number of aliphatic hydroxyl groups is 1. The summed E-state index contributed by atoms with van der Waals surface area (Å²) in [6, 6.07) is 4.04. The van der Waals surface area contributed by atoms with E-state index in [0.717, 1.165) is 35.5 Å². The second kappa shape index (κ2) is 8.31. The van der Waals surface area contributed by atoms with Gasteiger partial charge in [-0.05, 0) is 57.8 Å². The van der Waals surface area contributed by atoms with Crippen LogP contribution in [0.25, 0.3) is 0 Å². The lowest BCUT2D eigenvalue weighted by Crippen LogP contribution is -2.38. The van der Waals surface area contributed by atoms with E-state index in [1.54, 1.807) is 0 Å². The maximum atomic E-state index is 11.9. The molecule has 0 radical (unpaired) electrons. The number of benzene rings is 1. The van der Waals surface area contributed by atoms with Crippen molar-refractivity contribution < 1.29 is 14.6 Å². The monoisotopic (exact) mass is 320 g/mol. The molecular weight excluding hydrogens is 292 g/mol. The van der Waals surface area contributed by atoms with Gasteiger partial charge in [0.15, 0.2) is 0 Å². The summed E-state index contributed by atoms with van der Waals surface area (Å²) in [5.41, 5.74) is 3.96. The van der Waals surface area contributed by atoms with E-state index < -0.39 is 12.2 Å². The summed E-state index contributed by atoms with van der Waals surface area (Å²) in [7, 11) is 0. The number of hydrogen-bond donors (Lipinski definition) is 2. The molecule has 5 nitrogen and oxygen atoms in total. The van der Waals surface area contributed by atoms with Crippen LogP contribution < -0.4 is 5.32 Å². The molecule has 1 aromatic carbocycles. The number of carbonyl (C=O) groups excluding carboxylic acids is 1. The van der Waals surface area contributed by atoms with Gasteiger partial charge in [0.2, 0.25) is 0 Å². The zero-order valence-electron chi connectivity index (χ0n) is 14.4. The van der Waals surface area contributed by atoms with Crippen molar-refractivity contribution in [3.63, 3.8) is 0 Å². The lowest BCUT2D eigenvalue weighted by Gasteiger charge is -2.28. The van der Waals surface area contributed by atoms with Crippen LogP contribution in [0.15, 0.2) is 12.1 Å². The van der Waals surface area contributed by atoms with Gasteiger partial charge in [-0.1, -0.05) is 24.1 Å². The quantitative estimate of drug-likeness (QED) is 0.875. The van der Waals surface area contributed by atoms with Crippen LogP contribution in [0.4, 0.5) is 10.5 Å². The van der Waals surface area contributed by atoms with Crippen molar-refractivity contribution in [1.82, 2.24) is 4.90 Å². The minimum atomic E-state index is -0.640. The van der Waals surface area contributed by atoms with Crippen LogP contribution in [0.1, 0.15) is 36.0 Å². The summed E-state index contributed by atoms with van der Waals surface area (Å²) in [6.07, 6.45) is 2.47. The highest BCUT2D eigenvalue weighted by atomic mass is 16.6. The van der Waals surface area contributed by atoms with Crippen molar-refractivity contribution in [3.8, 4) is 0 Å². The van der Waals surface area contributed by atoms with Crippen LogP contribution in [0, 0.1) is 20.8 Å². The Kier molecular flexibility index (Phi) is 6.42. The molecule has 2 rings (SSSR count). The predicted molar refractivity (Wildman–Crippen MR) is 91.9 cm³/mol. The summed E-state index contributed by atoms with van der Waals surface area (Å²) >= 11 is 0. The molecule has 0 saturated carbocycles. The van der Waals surface area contributed by atoms with E-state index in [1.165, 1.54) is 19.3 Å². The van der Waals surface area contributed by atoms with Crippen molar-refractivity contribution in [2.75, 3.05) is 31.6 Å². The minimum absolute atomic E-state index is 0.0201. The van der Waals surface area contributed by atoms with E-state index in [2.05, 4.69) is 10.2 Å². The van der Waals surface area contributed by atoms with Crippen molar-refractivity contribution in [2.45, 2.75) is 46.1 Å². The minimum Gasteiger partial charge on any atom is -0.447 e. The Hall–Kier alpha value is -1.59. The van der Waals surface area contributed by atoms with Crippen LogP contribution in [0.3, 0.4) is 0 Å². The number of aryl methyl sites for hydroxylation is 3. The van der Waals surface area contributed by atoms with Crippen molar-refractivity contribution in [1.29, 1.82) is 0 Å². The number of nitrogens with zero attached hydrogens (tertiary/aromatic N) is 1. The lowest BCUT2D eigenvalue weighted by molar-refractivity contribution is 0.0437. The Morgan fingerprint density at radius 3 is 2.43 bits per heavy atom. The number of aliphatic hydroxyl groups excluding tert-OH is 1. The fourth-order valence-corrected chi connectivity index (χ4v) is 3.18. The number of likely N-dealkylation sites (tertiary alicyclic amines) is 1. The number of rotatable bonds is 5. The second-order valence-electron chi connectivity index (χ2n) is 6.51. The van der Waals surface area contributed by atoms with Gasteiger partial charge in [0.1, 0.15) is 12.7 Å². The maximum Gasteiger partial charge on any atom is 0.411 e. The molecule has 1 saturated heterocycles. The first kappa shape index (κ1) is 17.8. The third kappa shape index (κ3) is 5.52. The number of ether oxygens (including phenoxy) is 1. The molecule has 1 amide bonds. The van der Waals surface area contributed by atoms with Crippen LogP contribution >= 0.6 is 0 Å². The van der Waals surface area contributed by atoms with Gasteiger partial charge in [-0.2, -0.15) is 0 Å². The molecule has 1 atom stereocenters. The molecule has 5 heteroatoms. The first-order chi connectivity index (χ1) is 11.0. The molecule has 1 heterocycles. The molecule has 1 unspecified atom stereocenters. The first-order valence-electron chi connectivity index (χ1n) is 8.38. The third-order valence-corrected chi connectivity index (χ3v) is 4.23. The average Bonchev–Trinajstić information content (AvgIpc) is 2.50. The van der Waals surface area contributed by atoms with Crippen LogP contribution in [0.2, 0.25) is 0 Å². The molecule has 2 N–H and O–H groups in total. The van der Waals surface area contributed by atoms with E-state index in [-0.39, 0.29) is 6.61 Å². The zero-order chi connectivity index (χ0) is 16.8. The Balaban J connectivity index is 1.78. The normalized spacial score (nSPS) is 16.9. The SMILES string of the molecule is Cc1cc(C)c(NC(=O)OCC(O)CN2CCCCC2)c(C)c1. The van der Waals surface area contributed by atoms with E-state index >= 15 is 0 Å². The Bertz CT molecular complexity index is 516. The average molecular weight is 320 g/mol. The van der Waals surface area contributed by atoms with E-state index in [0.29, 0.717) is 6.54 Å². The highest BCUT2D eigenvalue weighted by Gasteiger charge is 2.16. The highest BCUT2D eigenvalue weighted by molar-refractivity contribution is 5.86. The van der Waals surface area contributed by atoms with Gasteiger partial charge in [0.05, 0.1) is 0 Å². The number of hydrogen-bond acceptors (Lipinski definition) is 4. The summed E-state index contributed by atoms with van der Waals surface area (Å²) in [6.45, 7) is 8.57. The number of β-amino-alcohol motifs (C(OH)–C–C–N with tert-alkyl or cyclic N) is 1. The molecule has 0 aromatic heterocycles. The molecule has 128 valence electrons. The Labute approximate surface area is 138 Å². The molecule has 0 aliphatic carbocycles. The van der Waals surface area contributed by atoms with E-state index in [4.69, 9.17) is 4.74 Å². The maximum absolute atomic E-state index is 11.9. The highest BCUT2D eigenvalue weighted by Crippen LogP contribution is 2.22. The van der Waals surface area contributed by atoms with Crippen LogP contribution in [-0.4, -0.2) is 48.4 Å². The molecule has 0 bridgehead atoms. The molecule has 23 heavy (non-hydrogen) atoms. The predicted octanol–water partition coefficient (Wildman–Crippen LogP) is 3.01. The Morgan fingerprint density at radius 1 is 1.22 bits per heavy atom. The molecular formula is C18H28N2O3. The molecule has 0 spiro atoms. The lowest BCUT2D eigenvalue weighted by atomic mass is 10.1. The van der Waals surface area contributed by atoms with Crippen molar-refractivity contribution in [3.05, 3.63) is 28.8 Å². The third-order valence-electron chi connectivity index (χ3n) is 4.23. The smallest absolute Gasteiger partial charge is 0.411 e. The van der Waals surface area contributed by atoms with Gasteiger partial charge in [-0.15, -0.1) is 0 Å². The summed E-state index contributed by atoms with van der Waals surface area (Å²) in [4.78, 5) is 14.2. The molecule has 1 aromatic rings. The van der Waals surface area contributed by atoms with E-state index in [1.807, 2.05) is 32.9 Å². The van der Waals surface area contributed by atoms with Gasteiger partial charge in [-0.3, -0.25) is 5.32 Å². The number of piperidine rings is 1. The number of anilines is 1. The summed E-state index contributed by atoms with van der Waals surface area (Å²) < 4.78 is 5.16. The molecule has 1 aliphatic heterocycles. The van der Waals surface area contributed by atoms with E-state index in [9.17, 15) is 9.90 Å². The Morgan fingerprint density at radius 2 is 1.83 bits per heavy atom. The standard InChI is InChI=1S/C18H28N2O3/c1-13-9-14(2)17(15(3)10-13)19-18(22)23-12-16(21)11-20-7-5-4-6-8-20/h9-10,16,21H,4-8,11-12H2,1-3H3,(H,19,22). The fourth-order valence-electron chi connectivity index (χ4n) is 3.18. The summed E-state index contributed by atoms with van der Waals surface area (Å²) in [5.74, 6) is 0. The zero-order valence-corrected chi connectivity index (χ0v) is 14.4. The number of carbonyl (C=O) groups is 1. The molecule has 1 aliphatic rings. The fraction of sp³-hybridized carbons (Fsp3) is 0.611. The van der Waals surface area contributed by atoms with Gasteiger partial charge < -0.3 is 14.7 Å². The van der Waals surface area contributed by atoms with Gasteiger partial charge >= 0.3 is 6.09 Å². The molecule has 1 fully saturated rings. The number of amides is 1. The summed E-state index contributed by atoms with van der Waals surface area (Å²) in [5, 5.41) is 12.8. The van der Waals surface area contributed by atoms with Crippen LogP contribution in [0.5, 0.6) is 0 Å². The van der Waals surface area contributed by atoms with Gasteiger partial charge in [0, 0.05) is 12.2 Å². The van der Waals surface area contributed by atoms with Crippen molar-refractivity contribution in [2.24, 2.45) is 0 Å².